The first-order valence-corrected chi connectivity index (χ1v) is 5.95. The molecule has 2 N–H and O–H groups in total. The summed E-state index contributed by atoms with van der Waals surface area (Å²) in [5, 5.41) is 0. The van der Waals surface area contributed by atoms with E-state index in [1.807, 2.05) is 13.0 Å². The first kappa shape index (κ1) is 13.7. The van der Waals surface area contributed by atoms with Gasteiger partial charge in [0, 0.05) is 25.8 Å². The molecule has 1 aromatic rings. The molecule has 1 atom stereocenters. The third kappa shape index (κ3) is 3.85. The summed E-state index contributed by atoms with van der Waals surface area (Å²) < 4.78 is 5.13. The molecule has 0 saturated carbocycles. The van der Waals surface area contributed by atoms with Crippen LogP contribution in [0.4, 0.5) is 11.6 Å². The molecule has 0 radical (unpaired) electrons. The number of aromatic nitrogens is 2. The number of hydrogen-bond donors (Lipinski definition) is 1. The molecule has 0 aliphatic heterocycles. The van der Waals surface area contributed by atoms with Crippen LogP contribution in [0.3, 0.4) is 0 Å². The second kappa shape index (κ2) is 6.39. The van der Waals surface area contributed by atoms with E-state index in [4.69, 9.17) is 10.5 Å². The molecule has 0 fully saturated rings. The second-order valence-electron chi connectivity index (χ2n) is 4.14. The van der Waals surface area contributed by atoms with E-state index in [0.717, 1.165) is 18.8 Å². The molecule has 1 aromatic heterocycles. The summed E-state index contributed by atoms with van der Waals surface area (Å²) in [6.45, 7) is 7.66. The van der Waals surface area contributed by atoms with Crippen molar-refractivity contribution in [3.63, 3.8) is 0 Å². The van der Waals surface area contributed by atoms with Gasteiger partial charge in [-0.3, -0.25) is 0 Å². The van der Waals surface area contributed by atoms with E-state index in [0.29, 0.717) is 24.3 Å². The standard InChI is InChI=1S/C12H22N4O/c1-5-9(2)16(6-7-17-4)12-8-11(13)14-10(3)15-12/h8-9H,5-7H2,1-4H3,(H2,13,14,15). The molecule has 5 nitrogen and oxygen atoms in total. The van der Waals surface area contributed by atoms with Crippen molar-refractivity contribution in [2.75, 3.05) is 30.9 Å². The first-order valence-electron chi connectivity index (χ1n) is 5.95. The number of nitrogens with zero attached hydrogens (tertiary/aromatic N) is 3. The van der Waals surface area contributed by atoms with Crippen LogP contribution in [-0.2, 0) is 4.74 Å². The number of methoxy groups -OCH3 is 1. The normalized spacial score (nSPS) is 12.5. The second-order valence-corrected chi connectivity index (χ2v) is 4.14. The third-order valence-corrected chi connectivity index (χ3v) is 2.80. The fourth-order valence-electron chi connectivity index (χ4n) is 1.69. The lowest BCUT2D eigenvalue weighted by atomic mass is 10.2. The van der Waals surface area contributed by atoms with E-state index < -0.39 is 0 Å². The van der Waals surface area contributed by atoms with Gasteiger partial charge in [0.25, 0.3) is 0 Å². The molecule has 0 bridgehead atoms. The minimum Gasteiger partial charge on any atom is -0.384 e. The molecule has 1 heterocycles. The van der Waals surface area contributed by atoms with E-state index in [1.54, 1.807) is 7.11 Å². The molecule has 17 heavy (non-hydrogen) atoms. The lowest BCUT2D eigenvalue weighted by molar-refractivity contribution is 0.203. The predicted molar refractivity (Wildman–Crippen MR) is 70.2 cm³/mol. The highest BCUT2D eigenvalue weighted by Crippen LogP contribution is 2.17. The van der Waals surface area contributed by atoms with Gasteiger partial charge in [0.05, 0.1) is 6.61 Å². The average Bonchev–Trinajstić information content (AvgIpc) is 2.28. The summed E-state index contributed by atoms with van der Waals surface area (Å²) >= 11 is 0. The molecule has 0 saturated heterocycles. The van der Waals surface area contributed by atoms with E-state index in [2.05, 4.69) is 28.7 Å². The largest absolute Gasteiger partial charge is 0.384 e. The molecule has 1 unspecified atom stereocenters. The molecule has 0 aromatic carbocycles. The smallest absolute Gasteiger partial charge is 0.134 e. The monoisotopic (exact) mass is 238 g/mol. The maximum atomic E-state index is 5.76. The van der Waals surface area contributed by atoms with Crippen LogP contribution in [-0.4, -0.2) is 36.3 Å². The van der Waals surface area contributed by atoms with Crippen LogP contribution in [0.15, 0.2) is 6.07 Å². The number of rotatable bonds is 6. The van der Waals surface area contributed by atoms with Crippen LogP contribution in [0.1, 0.15) is 26.1 Å². The van der Waals surface area contributed by atoms with Gasteiger partial charge in [0.15, 0.2) is 0 Å². The van der Waals surface area contributed by atoms with Gasteiger partial charge in [-0.2, -0.15) is 0 Å². The number of ether oxygens (including phenoxy) is 1. The predicted octanol–water partition coefficient (Wildman–Crippen LogP) is 1.62. The van der Waals surface area contributed by atoms with E-state index in [9.17, 15) is 0 Å². The van der Waals surface area contributed by atoms with Crippen molar-refractivity contribution in [2.24, 2.45) is 0 Å². The van der Waals surface area contributed by atoms with Crippen molar-refractivity contribution in [3.05, 3.63) is 11.9 Å². The van der Waals surface area contributed by atoms with Gasteiger partial charge in [0.2, 0.25) is 0 Å². The number of hydrogen-bond acceptors (Lipinski definition) is 5. The van der Waals surface area contributed by atoms with Crippen molar-refractivity contribution in [1.82, 2.24) is 9.97 Å². The Morgan fingerprint density at radius 3 is 2.71 bits per heavy atom. The molecule has 0 amide bonds. The van der Waals surface area contributed by atoms with Gasteiger partial charge in [-0.1, -0.05) is 6.92 Å². The Morgan fingerprint density at radius 1 is 1.47 bits per heavy atom. The maximum Gasteiger partial charge on any atom is 0.134 e. The topological polar surface area (TPSA) is 64.3 Å². The number of nitrogens with two attached hydrogens (primary N) is 1. The van der Waals surface area contributed by atoms with E-state index in [1.165, 1.54) is 0 Å². The summed E-state index contributed by atoms with van der Waals surface area (Å²) in [6, 6.07) is 2.22. The van der Waals surface area contributed by atoms with Crippen LogP contribution >= 0.6 is 0 Å². The van der Waals surface area contributed by atoms with Gasteiger partial charge in [-0.15, -0.1) is 0 Å². The Balaban J connectivity index is 2.94. The summed E-state index contributed by atoms with van der Waals surface area (Å²) in [5.74, 6) is 2.09. The third-order valence-electron chi connectivity index (χ3n) is 2.80. The molecule has 0 aliphatic carbocycles. The van der Waals surface area contributed by atoms with Gasteiger partial charge in [0.1, 0.15) is 17.5 Å². The van der Waals surface area contributed by atoms with Gasteiger partial charge in [-0.05, 0) is 20.3 Å². The van der Waals surface area contributed by atoms with E-state index >= 15 is 0 Å². The first-order chi connectivity index (χ1) is 8.08. The van der Waals surface area contributed by atoms with Gasteiger partial charge >= 0.3 is 0 Å². The van der Waals surface area contributed by atoms with Crippen molar-refractivity contribution in [3.8, 4) is 0 Å². The van der Waals surface area contributed by atoms with Crippen LogP contribution in [0.5, 0.6) is 0 Å². The summed E-state index contributed by atoms with van der Waals surface area (Å²) in [4.78, 5) is 10.7. The zero-order valence-electron chi connectivity index (χ0n) is 11.1. The SMILES string of the molecule is CCC(C)N(CCOC)c1cc(N)nc(C)n1. The Kier molecular flexibility index (Phi) is 5.15. The van der Waals surface area contributed by atoms with E-state index in [-0.39, 0.29) is 0 Å². The quantitative estimate of drug-likeness (QED) is 0.816. The average molecular weight is 238 g/mol. The van der Waals surface area contributed by atoms with Gasteiger partial charge < -0.3 is 15.4 Å². The Labute approximate surface area is 103 Å². The van der Waals surface area contributed by atoms with Crippen LogP contribution in [0.2, 0.25) is 0 Å². The molecule has 96 valence electrons. The summed E-state index contributed by atoms with van der Waals surface area (Å²) in [6.07, 6.45) is 1.05. The Bertz CT molecular complexity index is 336. The number of nitrogen functional groups attached to an aromatic ring is 1. The minimum absolute atomic E-state index is 0.402. The minimum atomic E-state index is 0.402. The van der Waals surface area contributed by atoms with Crippen molar-refractivity contribution in [1.29, 1.82) is 0 Å². The van der Waals surface area contributed by atoms with Crippen molar-refractivity contribution < 1.29 is 4.74 Å². The van der Waals surface area contributed by atoms with Crippen LogP contribution < -0.4 is 10.6 Å². The highest BCUT2D eigenvalue weighted by atomic mass is 16.5. The highest BCUT2D eigenvalue weighted by molar-refractivity contribution is 5.47. The van der Waals surface area contributed by atoms with Crippen molar-refractivity contribution in [2.45, 2.75) is 33.2 Å². The lowest BCUT2D eigenvalue weighted by Gasteiger charge is -2.29. The number of anilines is 2. The van der Waals surface area contributed by atoms with Crippen LogP contribution in [0, 0.1) is 6.92 Å². The summed E-state index contributed by atoms with van der Waals surface area (Å²) in [5.41, 5.74) is 5.76. The molecule has 0 aliphatic rings. The molecular formula is C12H22N4O. The Morgan fingerprint density at radius 2 is 2.18 bits per heavy atom. The zero-order chi connectivity index (χ0) is 12.8. The highest BCUT2D eigenvalue weighted by Gasteiger charge is 2.15. The zero-order valence-corrected chi connectivity index (χ0v) is 11.1. The summed E-state index contributed by atoms with van der Waals surface area (Å²) in [7, 11) is 1.70. The Hall–Kier alpha value is -1.36. The lowest BCUT2D eigenvalue weighted by Crippen LogP contribution is -2.36. The molecule has 5 heteroatoms. The maximum absolute atomic E-state index is 5.76. The van der Waals surface area contributed by atoms with Gasteiger partial charge in [-0.25, -0.2) is 9.97 Å². The van der Waals surface area contributed by atoms with Crippen molar-refractivity contribution >= 4 is 11.6 Å². The number of aryl methyl sites for hydroxylation is 1. The molecule has 0 spiro atoms. The molecular weight excluding hydrogens is 216 g/mol. The fraction of sp³-hybridized carbons (Fsp3) is 0.667. The molecule has 1 rings (SSSR count). The fourth-order valence-corrected chi connectivity index (χ4v) is 1.69. The van der Waals surface area contributed by atoms with Crippen LogP contribution in [0.25, 0.3) is 0 Å².